The molecular weight excluding hydrogens is 266 g/mol. The molecule has 21 heavy (non-hydrogen) atoms. The van der Waals surface area contributed by atoms with Crippen LogP contribution < -0.4 is 0 Å². The molecule has 0 aliphatic carbocycles. The van der Waals surface area contributed by atoms with Crippen LogP contribution in [0.25, 0.3) is 0 Å². The van der Waals surface area contributed by atoms with E-state index in [9.17, 15) is 4.79 Å². The first-order chi connectivity index (χ1) is 10.1. The highest BCUT2D eigenvalue weighted by Crippen LogP contribution is 2.27. The third-order valence-electron chi connectivity index (χ3n) is 4.05. The van der Waals surface area contributed by atoms with E-state index in [0.29, 0.717) is 11.6 Å². The van der Waals surface area contributed by atoms with E-state index in [2.05, 4.69) is 19.5 Å². The van der Waals surface area contributed by atoms with Crippen LogP contribution in [0.3, 0.4) is 0 Å². The number of hydrogen-bond donors (Lipinski definition) is 0. The van der Waals surface area contributed by atoms with E-state index in [1.165, 1.54) is 5.69 Å². The standard InChI is InChI=1S/C15H19N5O/c1-11-7-18-13(8-17-11)15(21)20-5-3-12(4-6-20)14-9-16-10-19(14)2/h7-10,12H,3-6H2,1-2H3. The number of hydrogen-bond acceptors (Lipinski definition) is 4. The maximum absolute atomic E-state index is 12.4. The summed E-state index contributed by atoms with van der Waals surface area (Å²) in [5.41, 5.74) is 2.50. The van der Waals surface area contributed by atoms with Crippen LogP contribution in [0.4, 0.5) is 0 Å². The van der Waals surface area contributed by atoms with Crippen molar-refractivity contribution in [2.45, 2.75) is 25.7 Å². The lowest BCUT2D eigenvalue weighted by molar-refractivity contribution is 0.0705. The first-order valence-corrected chi connectivity index (χ1v) is 7.19. The molecule has 0 radical (unpaired) electrons. The summed E-state index contributed by atoms with van der Waals surface area (Å²) in [6, 6.07) is 0. The highest BCUT2D eigenvalue weighted by Gasteiger charge is 2.26. The molecule has 1 aliphatic rings. The van der Waals surface area contributed by atoms with Crippen molar-refractivity contribution in [1.29, 1.82) is 0 Å². The molecule has 2 aromatic heterocycles. The molecule has 1 amide bonds. The SMILES string of the molecule is Cc1cnc(C(=O)N2CCC(c3cncn3C)CC2)cn1. The molecule has 6 nitrogen and oxygen atoms in total. The summed E-state index contributed by atoms with van der Waals surface area (Å²) in [6.07, 6.45) is 8.87. The molecule has 3 rings (SSSR count). The van der Waals surface area contributed by atoms with Gasteiger partial charge in [0.25, 0.3) is 5.91 Å². The first kappa shape index (κ1) is 13.7. The second-order valence-corrected chi connectivity index (χ2v) is 5.54. The molecule has 0 saturated carbocycles. The number of nitrogens with zero attached hydrogens (tertiary/aromatic N) is 5. The van der Waals surface area contributed by atoms with E-state index in [0.717, 1.165) is 31.6 Å². The highest BCUT2D eigenvalue weighted by atomic mass is 16.2. The van der Waals surface area contributed by atoms with Gasteiger partial charge in [-0.2, -0.15) is 0 Å². The quantitative estimate of drug-likeness (QED) is 0.839. The molecule has 0 atom stereocenters. The molecule has 1 saturated heterocycles. The largest absolute Gasteiger partial charge is 0.337 e. The molecule has 6 heteroatoms. The predicted octanol–water partition coefficient (Wildman–Crippen LogP) is 1.54. The van der Waals surface area contributed by atoms with Crippen LogP contribution in [0.1, 0.15) is 40.6 Å². The van der Waals surface area contributed by atoms with Crippen LogP contribution in [0, 0.1) is 6.92 Å². The van der Waals surface area contributed by atoms with Crippen LogP contribution in [0.2, 0.25) is 0 Å². The van der Waals surface area contributed by atoms with Crippen molar-refractivity contribution in [3.05, 3.63) is 42.0 Å². The maximum Gasteiger partial charge on any atom is 0.274 e. The maximum atomic E-state index is 12.4. The lowest BCUT2D eigenvalue weighted by atomic mass is 9.93. The van der Waals surface area contributed by atoms with Gasteiger partial charge in [0.2, 0.25) is 0 Å². The minimum atomic E-state index is -0.0223. The van der Waals surface area contributed by atoms with Crippen LogP contribution in [-0.4, -0.2) is 43.4 Å². The summed E-state index contributed by atoms with van der Waals surface area (Å²) >= 11 is 0. The number of amides is 1. The summed E-state index contributed by atoms with van der Waals surface area (Å²) in [4.78, 5) is 26.7. The van der Waals surface area contributed by atoms with Crippen molar-refractivity contribution in [3.8, 4) is 0 Å². The lowest BCUT2D eigenvalue weighted by Crippen LogP contribution is -2.38. The van der Waals surface area contributed by atoms with Crippen molar-refractivity contribution >= 4 is 5.91 Å². The molecule has 0 spiro atoms. The van der Waals surface area contributed by atoms with Gasteiger partial charge in [-0.3, -0.25) is 9.78 Å². The summed E-state index contributed by atoms with van der Waals surface area (Å²) in [5.74, 6) is 0.455. The summed E-state index contributed by atoms with van der Waals surface area (Å²) in [6.45, 7) is 3.37. The van der Waals surface area contributed by atoms with E-state index >= 15 is 0 Å². The molecule has 3 heterocycles. The lowest BCUT2D eigenvalue weighted by Gasteiger charge is -2.31. The average Bonchev–Trinajstić information content (AvgIpc) is 2.94. The Hall–Kier alpha value is -2.24. The first-order valence-electron chi connectivity index (χ1n) is 7.19. The number of carbonyl (C=O) groups is 1. The van der Waals surface area contributed by atoms with E-state index in [-0.39, 0.29) is 5.91 Å². The Morgan fingerprint density at radius 3 is 2.52 bits per heavy atom. The predicted molar refractivity (Wildman–Crippen MR) is 77.9 cm³/mol. The average molecular weight is 285 g/mol. The zero-order valence-electron chi connectivity index (χ0n) is 12.4. The van der Waals surface area contributed by atoms with Crippen LogP contribution in [0.5, 0.6) is 0 Å². The molecule has 0 unspecified atom stereocenters. The number of piperidine rings is 1. The number of imidazole rings is 1. The smallest absolute Gasteiger partial charge is 0.274 e. The zero-order valence-corrected chi connectivity index (χ0v) is 12.4. The molecule has 0 N–H and O–H groups in total. The van der Waals surface area contributed by atoms with Gasteiger partial charge in [0, 0.05) is 44.1 Å². The van der Waals surface area contributed by atoms with Gasteiger partial charge in [0.15, 0.2) is 0 Å². The molecule has 0 bridgehead atoms. The minimum absolute atomic E-state index is 0.0223. The summed E-state index contributed by atoms with van der Waals surface area (Å²) < 4.78 is 2.06. The second kappa shape index (κ2) is 5.63. The topological polar surface area (TPSA) is 63.9 Å². The molecule has 0 aromatic carbocycles. The van der Waals surface area contributed by atoms with Gasteiger partial charge < -0.3 is 9.47 Å². The van der Waals surface area contributed by atoms with Gasteiger partial charge in [-0.15, -0.1) is 0 Å². The molecular formula is C15H19N5O. The number of aryl methyl sites for hydroxylation is 2. The Labute approximate surface area is 123 Å². The van der Waals surface area contributed by atoms with Crippen LogP contribution >= 0.6 is 0 Å². The number of carbonyl (C=O) groups excluding carboxylic acids is 1. The monoisotopic (exact) mass is 285 g/mol. The van der Waals surface area contributed by atoms with Gasteiger partial charge in [-0.1, -0.05) is 0 Å². The summed E-state index contributed by atoms with van der Waals surface area (Å²) in [5, 5.41) is 0. The fourth-order valence-corrected chi connectivity index (χ4v) is 2.80. The van der Waals surface area contributed by atoms with E-state index in [1.54, 1.807) is 12.4 Å². The van der Waals surface area contributed by atoms with Crippen LogP contribution in [-0.2, 0) is 7.05 Å². The van der Waals surface area contributed by atoms with Gasteiger partial charge in [-0.25, -0.2) is 9.97 Å². The fraction of sp³-hybridized carbons (Fsp3) is 0.467. The zero-order chi connectivity index (χ0) is 14.8. The minimum Gasteiger partial charge on any atom is -0.337 e. The third-order valence-corrected chi connectivity index (χ3v) is 4.05. The van der Waals surface area contributed by atoms with Gasteiger partial charge in [0.1, 0.15) is 5.69 Å². The molecule has 110 valence electrons. The van der Waals surface area contributed by atoms with Gasteiger partial charge in [-0.05, 0) is 19.8 Å². The Kier molecular flexibility index (Phi) is 3.68. The summed E-state index contributed by atoms with van der Waals surface area (Å²) in [7, 11) is 2.02. The Balaban J connectivity index is 1.64. The van der Waals surface area contributed by atoms with Crippen molar-refractivity contribution < 1.29 is 4.79 Å². The molecule has 1 aliphatic heterocycles. The molecule has 2 aromatic rings. The van der Waals surface area contributed by atoms with E-state index < -0.39 is 0 Å². The Bertz CT molecular complexity index is 626. The molecule has 1 fully saturated rings. The van der Waals surface area contributed by atoms with Gasteiger partial charge >= 0.3 is 0 Å². The number of rotatable bonds is 2. The van der Waals surface area contributed by atoms with E-state index in [1.807, 2.05) is 31.4 Å². The fourth-order valence-electron chi connectivity index (χ4n) is 2.80. The van der Waals surface area contributed by atoms with Crippen molar-refractivity contribution in [2.75, 3.05) is 13.1 Å². The highest BCUT2D eigenvalue weighted by molar-refractivity contribution is 5.92. The van der Waals surface area contributed by atoms with Gasteiger partial charge in [0.05, 0.1) is 18.2 Å². The van der Waals surface area contributed by atoms with E-state index in [4.69, 9.17) is 0 Å². The Morgan fingerprint density at radius 2 is 1.95 bits per heavy atom. The van der Waals surface area contributed by atoms with Crippen LogP contribution in [0.15, 0.2) is 24.9 Å². The Morgan fingerprint density at radius 1 is 1.19 bits per heavy atom. The number of likely N-dealkylation sites (tertiary alicyclic amines) is 1. The second-order valence-electron chi connectivity index (χ2n) is 5.54. The van der Waals surface area contributed by atoms with Crippen molar-refractivity contribution in [2.24, 2.45) is 7.05 Å². The van der Waals surface area contributed by atoms with Crippen molar-refractivity contribution in [3.63, 3.8) is 0 Å². The normalized spacial score (nSPS) is 16.2. The third kappa shape index (κ3) is 2.79. The van der Waals surface area contributed by atoms with Crippen molar-refractivity contribution in [1.82, 2.24) is 24.4 Å². The number of aromatic nitrogens is 4.